The zero-order valence-corrected chi connectivity index (χ0v) is 8.95. The minimum absolute atomic E-state index is 0.0152. The molecule has 94 valence electrons. The van der Waals surface area contributed by atoms with Crippen LogP contribution in [0.1, 0.15) is 18.1 Å². The first-order valence-electron chi connectivity index (χ1n) is 4.83. The quantitative estimate of drug-likeness (QED) is 0.864. The van der Waals surface area contributed by atoms with E-state index in [0.717, 1.165) is 12.1 Å². The number of aliphatic carboxylic acids is 1. The summed E-state index contributed by atoms with van der Waals surface area (Å²) in [6, 6.07) is 2.98. The number of hydrogen-bond donors (Lipinski definition) is 2. The first kappa shape index (κ1) is 13.3. The first-order chi connectivity index (χ1) is 7.71. The van der Waals surface area contributed by atoms with E-state index >= 15 is 0 Å². The Kier molecular flexibility index (Phi) is 3.65. The Labute approximate surface area is 95.5 Å². The Hall–Kier alpha value is -1.72. The fourth-order valence-electron chi connectivity index (χ4n) is 1.38. The van der Waals surface area contributed by atoms with Crippen molar-refractivity contribution in [1.82, 2.24) is 0 Å². The van der Waals surface area contributed by atoms with Crippen molar-refractivity contribution in [2.75, 3.05) is 0 Å². The summed E-state index contributed by atoms with van der Waals surface area (Å²) in [6.07, 6.45) is -4.66. The van der Waals surface area contributed by atoms with Crippen molar-refractivity contribution in [1.29, 1.82) is 0 Å². The lowest BCUT2D eigenvalue weighted by molar-refractivity contribution is -0.141. The number of rotatable bonds is 3. The summed E-state index contributed by atoms with van der Waals surface area (Å²) in [4.78, 5) is 10.6. The molecule has 0 saturated heterocycles. The van der Waals surface area contributed by atoms with Crippen LogP contribution in [0.5, 0.6) is 5.75 Å². The van der Waals surface area contributed by atoms with Crippen LogP contribution in [0.25, 0.3) is 0 Å². The molecule has 0 fully saturated rings. The van der Waals surface area contributed by atoms with E-state index in [1.54, 1.807) is 0 Å². The zero-order chi connectivity index (χ0) is 13.2. The van der Waals surface area contributed by atoms with Gasteiger partial charge in [0.05, 0.1) is 11.5 Å². The third-order valence-corrected chi connectivity index (χ3v) is 2.33. The smallest absolute Gasteiger partial charge is 0.419 e. The molecule has 0 aliphatic heterocycles. The van der Waals surface area contributed by atoms with Gasteiger partial charge in [0.25, 0.3) is 0 Å². The fraction of sp³-hybridized carbons (Fsp3) is 0.364. The lowest BCUT2D eigenvalue weighted by Gasteiger charge is -2.12. The summed E-state index contributed by atoms with van der Waals surface area (Å²) in [5, 5.41) is 17.7. The van der Waals surface area contributed by atoms with Gasteiger partial charge in [0.2, 0.25) is 0 Å². The van der Waals surface area contributed by atoms with E-state index < -0.39 is 29.4 Å². The summed E-state index contributed by atoms with van der Waals surface area (Å²) < 4.78 is 37.3. The van der Waals surface area contributed by atoms with Crippen LogP contribution < -0.4 is 0 Å². The van der Waals surface area contributed by atoms with Crippen molar-refractivity contribution < 1.29 is 28.2 Å². The normalized spacial score (nSPS) is 13.4. The highest BCUT2D eigenvalue weighted by Crippen LogP contribution is 2.36. The zero-order valence-electron chi connectivity index (χ0n) is 8.95. The maximum atomic E-state index is 12.4. The topological polar surface area (TPSA) is 57.5 Å². The highest BCUT2D eigenvalue weighted by molar-refractivity contribution is 5.69. The molecule has 3 nitrogen and oxygen atoms in total. The molecule has 1 aromatic rings. The van der Waals surface area contributed by atoms with Gasteiger partial charge in [-0.25, -0.2) is 0 Å². The van der Waals surface area contributed by atoms with Crippen molar-refractivity contribution in [3.05, 3.63) is 29.3 Å². The van der Waals surface area contributed by atoms with E-state index in [4.69, 9.17) is 10.2 Å². The van der Waals surface area contributed by atoms with Crippen molar-refractivity contribution >= 4 is 5.97 Å². The van der Waals surface area contributed by atoms with Crippen LogP contribution in [0.15, 0.2) is 18.2 Å². The maximum Gasteiger partial charge on any atom is 0.419 e. The van der Waals surface area contributed by atoms with Gasteiger partial charge in [-0.3, -0.25) is 4.79 Å². The van der Waals surface area contributed by atoms with Gasteiger partial charge < -0.3 is 10.2 Å². The van der Waals surface area contributed by atoms with Crippen molar-refractivity contribution in [2.24, 2.45) is 5.92 Å². The Balaban J connectivity index is 3.01. The predicted molar refractivity (Wildman–Crippen MR) is 53.6 cm³/mol. The molecule has 1 atom stereocenters. The molecule has 1 unspecified atom stereocenters. The molecule has 0 radical (unpaired) electrons. The molecular formula is C11H11F3O3. The molecule has 2 N–H and O–H groups in total. The molecule has 0 aliphatic rings. The highest BCUT2D eigenvalue weighted by Gasteiger charge is 2.34. The van der Waals surface area contributed by atoms with Gasteiger partial charge in [0, 0.05) is 0 Å². The first-order valence-corrected chi connectivity index (χ1v) is 4.83. The number of phenols is 1. The van der Waals surface area contributed by atoms with E-state index in [0.29, 0.717) is 0 Å². The second-order valence-corrected chi connectivity index (χ2v) is 3.79. The van der Waals surface area contributed by atoms with Crippen molar-refractivity contribution in [3.8, 4) is 5.75 Å². The van der Waals surface area contributed by atoms with Crippen LogP contribution in [-0.4, -0.2) is 16.2 Å². The number of carboxylic acids is 1. The van der Waals surface area contributed by atoms with Gasteiger partial charge in [-0.05, 0) is 24.1 Å². The standard InChI is InChI=1S/C11H11F3O3/c1-6(10(16)17)4-7-2-3-9(15)8(5-7)11(12,13)14/h2-3,5-6,15H,4H2,1H3,(H,16,17). The molecule has 0 heterocycles. The molecule has 17 heavy (non-hydrogen) atoms. The van der Waals surface area contributed by atoms with Gasteiger partial charge in [0.1, 0.15) is 5.75 Å². The van der Waals surface area contributed by atoms with Gasteiger partial charge >= 0.3 is 12.1 Å². The number of halogens is 3. The van der Waals surface area contributed by atoms with E-state index in [2.05, 4.69) is 0 Å². The second kappa shape index (κ2) is 4.65. The monoisotopic (exact) mass is 248 g/mol. The number of carbonyl (C=O) groups is 1. The van der Waals surface area contributed by atoms with Crippen LogP contribution in [0.2, 0.25) is 0 Å². The number of carboxylic acid groups (broad SMARTS) is 1. The maximum absolute atomic E-state index is 12.4. The van der Waals surface area contributed by atoms with E-state index in [9.17, 15) is 18.0 Å². The van der Waals surface area contributed by atoms with Crippen LogP contribution >= 0.6 is 0 Å². The number of aromatic hydroxyl groups is 1. The van der Waals surface area contributed by atoms with E-state index in [1.165, 1.54) is 13.0 Å². The van der Waals surface area contributed by atoms with Gasteiger partial charge in [0.15, 0.2) is 0 Å². The number of benzene rings is 1. The molecular weight excluding hydrogens is 237 g/mol. The van der Waals surface area contributed by atoms with Crippen LogP contribution in [0.4, 0.5) is 13.2 Å². The molecule has 0 spiro atoms. The Morgan fingerprint density at radius 2 is 2.00 bits per heavy atom. The summed E-state index contributed by atoms with van der Waals surface area (Å²) in [6.45, 7) is 1.41. The fourth-order valence-corrected chi connectivity index (χ4v) is 1.38. The molecule has 6 heteroatoms. The Morgan fingerprint density at radius 3 is 2.47 bits per heavy atom. The summed E-state index contributed by atoms with van der Waals surface area (Å²) in [5.74, 6) is -2.71. The minimum atomic E-state index is -4.65. The van der Waals surface area contributed by atoms with Crippen LogP contribution in [0.3, 0.4) is 0 Å². The van der Waals surface area contributed by atoms with Crippen LogP contribution in [0, 0.1) is 5.92 Å². The Morgan fingerprint density at radius 1 is 1.41 bits per heavy atom. The third-order valence-electron chi connectivity index (χ3n) is 2.33. The molecule has 0 bridgehead atoms. The second-order valence-electron chi connectivity index (χ2n) is 3.79. The Bertz CT molecular complexity index is 426. The van der Waals surface area contributed by atoms with Crippen molar-refractivity contribution in [3.63, 3.8) is 0 Å². The summed E-state index contributed by atoms with van der Waals surface area (Å²) in [5.41, 5.74) is -0.919. The predicted octanol–water partition coefficient (Wildman–Crippen LogP) is 2.67. The van der Waals surface area contributed by atoms with E-state index in [1.807, 2.05) is 0 Å². The minimum Gasteiger partial charge on any atom is -0.507 e. The average Bonchev–Trinajstić information content (AvgIpc) is 2.19. The van der Waals surface area contributed by atoms with Crippen molar-refractivity contribution in [2.45, 2.75) is 19.5 Å². The summed E-state index contributed by atoms with van der Waals surface area (Å²) in [7, 11) is 0. The molecule has 0 amide bonds. The third kappa shape index (κ3) is 3.37. The largest absolute Gasteiger partial charge is 0.507 e. The molecule has 1 aromatic carbocycles. The van der Waals surface area contributed by atoms with Crippen LogP contribution in [-0.2, 0) is 17.4 Å². The van der Waals surface area contributed by atoms with Gasteiger partial charge in [-0.2, -0.15) is 13.2 Å². The highest BCUT2D eigenvalue weighted by atomic mass is 19.4. The lowest BCUT2D eigenvalue weighted by atomic mass is 9.99. The summed E-state index contributed by atoms with van der Waals surface area (Å²) >= 11 is 0. The molecule has 0 saturated carbocycles. The molecule has 1 rings (SSSR count). The SMILES string of the molecule is CC(Cc1ccc(O)c(C(F)(F)F)c1)C(=O)O. The number of alkyl halides is 3. The van der Waals surface area contributed by atoms with Gasteiger partial charge in [-0.15, -0.1) is 0 Å². The number of hydrogen-bond acceptors (Lipinski definition) is 2. The average molecular weight is 248 g/mol. The lowest BCUT2D eigenvalue weighted by Crippen LogP contribution is -2.13. The molecule has 0 aliphatic carbocycles. The molecule has 0 aromatic heterocycles. The number of phenolic OH excluding ortho intramolecular Hbond substituents is 1. The van der Waals surface area contributed by atoms with E-state index in [-0.39, 0.29) is 12.0 Å². The van der Waals surface area contributed by atoms with Gasteiger partial charge in [-0.1, -0.05) is 13.0 Å².